The molecule has 1 aromatic carbocycles. The Morgan fingerprint density at radius 3 is 2.59 bits per heavy atom. The number of carbonyl (C=O) groups excluding carboxylic acids is 2. The summed E-state index contributed by atoms with van der Waals surface area (Å²) in [5.74, 6) is -0.763. The molecule has 1 aliphatic carbocycles. The molecule has 0 amide bonds. The van der Waals surface area contributed by atoms with Gasteiger partial charge in [-0.1, -0.05) is 41.4 Å². The van der Waals surface area contributed by atoms with E-state index in [1.54, 1.807) is 30.4 Å². The third-order valence-electron chi connectivity index (χ3n) is 3.15. The van der Waals surface area contributed by atoms with Crippen LogP contribution >= 0.6 is 23.2 Å². The molecule has 0 saturated carbocycles. The second kappa shape index (κ2) is 7.34. The fraction of sp³-hybridized carbons (Fsp3) is 0.118. The molecule has 22 heavy (non-hydrogen) atoms. The van der Waals surface area contributed by atoms with Crippen LogP contribution in [0.1, 0.15) is 12.0 Å². The molecule has 0 aromatic heterocycles. The molecule has 0 heterocycles. The van der Waals surface area contributed by atoms with Crippen LogP contribution in [-0.2, 0) is 9.59 Å². The van der Waals surface area contributed by atoms with Gasteiger partial charge >= 0.3 is 0 Å². The summed E-state index contributed by atoms with van der Waals surface area (Å²) in [6.07, 6.45) is 8.20. The van der Waals surface area contributed by atoms with Crippen LogP contribution in [0.4, 0.5) is 0 Å². The number of Topliss-reactive ketones (excluding diaryl/α,β-unsaturated/α-hetero) is 1. The zero-order valence-corrected chi connectivity index (χ0v) is 13.4. The summed E-state index contributed by atoms with van der Waals surface area (Å²) >= 11 is 12.1. The lowest BCUT2D eigenvalue weighted by molar-refractivity contribution is -0.116. The van der Waals surface area contributed by atoms with Crippen LogP contribution in [0.15, 0.2) is 53.1 Å². The van der Waals surface area contributed by atoms with Crippen molar-refractivity contribution in [2.75, 3.05) is 7.05 Å². The number of ketones is 2. The fourth-order valence-electron chi connectivity index (χ4n) is 1.97. The zero-order chi connectivity index (χ0) is 16.1. The highest BCUT2D eigenvalue weighted by atomic mass is 35.5. The van der Waals surface area contributed by atoms with Crippen LogP contribution in [-0.4, -0.2) is 24.3 Å². The van der Waals surface area contributed by atoms with Crippen molar-refractivity contribution in [1.29, 1.82) is 0 Å². The Bertz CT molecular complexity index is 723. The Balaban J connectivity index is 2.29. The predicted octanol–water partition coefficient (Wildman–Crippen LogP) is 4.10. The number of halogens is 2. The van der Waals surface area contributed by atoms with E-state index in [1.807, 2.05) is 0 Å². The van der Waals surface area contributed by atoms with Gasteiger partial charge in [-0.3, -0.25) is 14.6 Å². The van der Waals surface area contributed by atoms with E-state index in [0.29, 0.717) is 27.7 Å². The molecular weight excluding hydrogens is 321 g/mol. The third-order valence-corrected chi connectivity index (χ3v) is 3.81. The van der Waals surface area contributed by atoms with E-state index >= 15 is 0 Å². The first kappa shape index (κ1) is 16.4. The molecule has 0 radical (unpaired) electrons. The van der Waals surface area contributed by atoms with E-state index in [4.69, 9.17) is 23.2 Å². The number of nitrogens with zero attached hydrogens (tertiary/aromatic N) is 1. The molecule has 0 atom stereocenters. The quantitative estimate of drug-likeness (QED) is 0.617. The molecule has 0 fully saturated rings. The number of hydrogen-bond donors (Lipinski definition) is 0. The summed E-state index contributed by atoms with van der Waals surface area (Å²) in [5, 5.41) is 0.877. The molecule has 0 unspecified atom stereocenters. The molecule has 3 nitrogen and oxygen atoms in total. The van der Waals surface area contributed by atoms with Crippen LogP contribution in [0.3, 0.4) is 0 Å². The zero-order valence-electron chi connectivity index (χ0n) is 11.8. The molecule has 0 spiro atoms. The second-order valence-electron chi connectivity index (χ2n) is 4.54. The Morgan fingerprint density at radius 2 is 1.95 bits per heavy atom. The summed E-state index contributed by atoms with van der Waals surface area (Å²) in [4.78, 5) is 28.4. The Morgan fingerprint density at radius 1 is 1.27 bits per heavy atom. The van der Waals surface area contributed by atoms with Crippen LogP contribution in [0.5, 0.6) is 0 Å². The largest absolute Gasteiger partial charge is 0.289 e. The smallest absolute Gasteiger partial charge is 0.210 e. The first-order valence-corrected chi connectivity index (χ1v) is 7.33. The van der Waals surface area contributed by atoms with Gasteiger partial charge in [0.05, 0.1) is 11.3 Å². The monoisotopic (exact) mass is 333 g/mol. The summed E-state index contributed by atoms with van der Waals surface area (Å²) in [7, 11) is 1.54. The van der Waals surface area contributed by atoms with E-state index in [1.165, 1.54) is 25.3 Å². The molecule has 2 rings (SSSR count). The van der Waals surface area contributed by atoms with Gasteiger partial charge in [-0.05, 0) is 30.4 Å². The summed E-state index contributed by atoms with van der Waals surface area (Å²) in [5.41, 5.74) is 0.979. The molecule has 0 bridgehead atoms. The van der Waals surface area contributed by atoms with E-state index in [2.05, 4.69) is 4.99 Å². The normalized spacial score (nSPS) is 17.0. The lowest BCUT2D eigenvalue weighted by atomic mass is 10.0. The average molecular weight is 334 g/mol. The first-order chi connectivity index (χ1) is 10.5. The molecule has 0 aliphatic heterocycles. The van der Waals surface area contributed by atoms with Gasteiger partial charge in [-0.25, -0.2) is 0 Å². The van der Waals surface area contributed by atoms with Crippen molar-refractivity contribution in [3.63, 3.8) is 0 Å². The van der Waals surface area contributed by atoms with Gasteiger partial charge in [0.25, 0.3) is 0 Å². The number of hydrogen-bond acceptors (Lipinski definition) is 3. The Labute approximate surface area is 138 Å². The summed E-state index contributed by atoms with van der Waals surface area (Å²) < 4.78 is 0. The predicted molar refractivity (Wildman–Crippen MR) is 90.7 cm³/mol. The number of allylic oxidation sites excluding steroid dienone is 5. The van der Waals surface area contributed by atoms with Crippen molar-refractivity contribution in [3.05, 3.63) is 63.7 Å². The van der Waals surface area contributed by atoms with Gasteiger partial charge in [0.15, 0.2) is 5.78 Å². The van der Waals surface area contributed by atoms with Crippen molar-refractivity contribution < 1.29 is 9.59 Å². The minimum absolute atomic E-state index is 0.0776. The van der Waals surface area contributed by atoms with Crippen LogP contribution in [0.25, 0.3) is 6.08 Å². The topological polar surface area (TPSA) is 46.5 Å². The van der Waals surface area contributed by atoms with Gasteiger partial charge in [0.1, 0.15) is 0 Å². The number of aliphatic imine (C=N–C) groups is 1. The van der Waals surface area contributed by atoms with Gasteiger partial charge in [-0.15, -0.1) is 0 Å². The first-order valence-electron chi connectivity index (χ1n) is 6.58. The third kappa shape index (κ3) is 3.62. The van der Waals surface area contributed by atoms with Gasteiger partial charge in [0, 0.05) is 29.1 Å². The maximum atomic E-state index is 12.3. The van der Waals surface area contributed by atoms with Crippen LogP contribution in [0.2, 0.25) is 10.0 Å². The molecular formula is C17H13Cl2NO2. The second-order valence-corrected chi connectivity index (χ2v) is 5.36. The molecule has 1 aliphatic rings. The summed E-state index contributed by atoms with van der Waals surface area (Å²) in [6.45, 7) is 0. The van der Waals surface area contributed by atoms with Crippen molar-refractivity contribution in [1.82, 2.24) is 0 Å². The summed E-state index contributed by atoms with van der Waals surface area (Å²) in [6, 6.07) is 5.08. The lowest BCUT2D eigenvalue weighted by Crippen LogP contribution is -2.19. The SMILES string of the molecule is CN=C1CC=CC=C(C(=O)/C=C/c2c(Cl)cccc2Cl)C1=O. The van der Waals surface area contributed by atoms with Crippen LogP contribution in [0, 0.1) is 0 Å². The van der Waals surface area contributed by atoms with Crippen LogP contribution < -0.4 is 0 Å². The maximum absolute atomic E-state index is 12.3. The molecule has 5 heteroatoms. The number of benzene rings is 1. The minimum Gasteiger partial charge on any atom is -0.289 e. The Hall–Kier alpha value is -1.97. The van der Waals surface area contributed by atoms with E-state index < -0.39 is 5.78 Å². The highest BCUT2D eigenvalue weighted by Gasteiger charge is 2.21. The van der Waals surface area contributed by atoms with Crippen molar-refractivity contribution in [2.24, 2.45) is 4.99 Å². The molecule has 0 N–H and O–H groups in total. The van der Waals surface area contributed by atoms with Crippen molar-refractivity contribution >= 4 is 46.6 Å². The number of carbonyl (C=O) groups is 2. The van der Waals surface area contributed by atoms with Gasteiger partial charge in [-0.2, -0.15) is 0 Å². The van der Waals surface area contributed by atoms with Gasteiger partial charge < -0.3 is 0 Å². The van der Waals surface area contributed by atoms with E-state index in [9.17, 15) is 9.59 Å². The molecule has 0 saturated heterocycles. The highest BCUT2D eigenvalue weighted by Crippen LogP contribution is 2.25. The van der Waals surface area contributed by atoms with E-state index in [-0.39, 0.29) is 11.4 Å². The van der Waals surface area contributed by atoms with Crippen molar-refractivity contribution in [2.45, 2.75) is 6.42 Å². The lowest BCUT2D eigenvalue weighted by Gasteiger charge is -2.03. The highest BCUT2D eigenvalue weighted by molar-refractivity contribution is 6.53. The minimum atomic E-state index is -0.409. The maximum Gasteiger partial charge on any atom is 0.210 e. The fourth-order valence-corrected chi connectivity index (χ4v) is 2.50. The number of rotatable bonds is 3. The Kier molecular flexibility index (Phi) is 5.47. The van der Waals surface area contributed by atoms with Gasteiger partial charge in [0.2, 0.25) is 5.78 Å². The van der Waals surface area contributed by atoms with E-state index in [0.717, 1.165) is 0 Å². The molecule has 1 aromatic rings. The average Bonchev–Trinajstić information content (AvgIpc) is 2.68. The standard InChI is InChI=1S/C17H13Cl2NO2/c1-20-15-8-3-2-5-12(17(15)22)16(21)10-9-11-13(18)6-4-7-14(11)19/h2-7,9-10H,8H2,1H3/b10-9+,20-15?. The van der Waals surface area contributed by atoms with Crippen molar-refractivity contribution in [3.8, 4) is 0 Å². The molecule has 112 valence electrons.